The van der Waals surface area contributed by atoms with Crippen molar-refractivity contribution in [2.75, 3.05) is 27.7 Å². The average molecular weight is 288 g/mol. The van der Waals surface area contributed by atoms with Crippen LogP contribution in [0.3, 0.4) is 0 Å². The number of para-hydroxylation sites is 1. The van der Waals surface area contributed by atoms with Gasteiger partial charge in [0.15, 0.2) is 0 Å². The van der Waals surface area contributed by atoms with E-state index in [4.69, 9.17) is 0 Å². The van der Waals surface area contributed by atoms with Gasteiger partial charge in [0.1, 0.15) is 5.82 Å². The number of aromatic nitrogens is 2. The Balaban J connectivity index is 2.28. The molecule has 0 radical (unpaired) electrons. The van der Waals surface area contributed by atoms with Gasteiger partial charge in [-0.3, -0.25) is 19.1 Å². The Morgan fingerprint density at radius 1 is 1.24 bits per heavy atom. The van der Waals surface area contributed by atoms with Gasteiger partial charge in [-0.05, 0) is 19.2 Å². The van der Waals surface area contributed by atoms with E-state index in [2.05, 4.69) is 4.98 Å². The SMILES string of the molecule is CN(CC(=O)N(C)C)Cc1nc2ccccc2c(=O)n1C. The Labute approximate surface area is 123 Å². The molecule has 0 aliphatic carbocycles. The number of hydrogen-bond donors (Lipinski definition) is 0. The number of carbonyl (C=O) groups is 1. The molecule has 0 saturated heterocycles. The van der Waals surface area contributed by atoms with Gasteiger partial charge < -0.3 is 4.90 Å². The lowest BCUT2D eigenvalue weighted by molar-refractivity contribution is -0.129. The molecular formula is C15H20N4O2. The summed E-state index contributed by atoms with van der Waals surface area (Å²) >= 11 is 0. The van der Waals surface area contributed by atoms with Gasteiger partial charge in [-0.2, -0.15) is 0 Å². The van der Waals surface area contributed by atoms with Crippen LogP contribution in [0.5, 0.6) is 0 Å². The molecule has 0 bridgehead atoms. The van der Waals surface area contributed by atoms with Crippen LogP contribution >= 0.6 is 0 Å². The largest absolute Gasteiger partial charge is 0.348 e. The number of benzene rings is 1. The highest BCUT2D eigenvalue weighted by molar-refractivity contribution is 5.78. The van der Waals surface area contributed by atoms with Crippen molar-refractivity contribution < 1.29 is 4.79 Å². The van der Waals surface area contributed by atoms with Crippen LogP contribution in [0.2, 0.25) is 0 Å². The topological polar surface area (TPSA) is 58.4 Å². The number of likely N-dealkylation sites (N-methyl/N-ethyl adjacent to an activating group) is 2. The maximum absolute atomic E-state index is 12.3. The Morgan fingerprint density at radius 2 is 1.90 bits per heavy atom. The molecule has 0 aliphatic rings. The van der Waals surface area contributed by atoms with Crippen LogP contribution in [-0.2, 0) is 18.4 Å². The molecule has 1 heterocycles. The first-order valence-electron chi connectivity index (χ1n) is 6.73. The van der Waals surface area contributed by atoms with E-state index in [0.717, 1.165) is 0 Å². The Bertz CT molecular complexity index is 721. The van der Waals surface area contributed by atoms with Crippen molar-refractivity contribution in [3.8, 4) is 0 Å². The molecule has 0 spiro atoms. The molecule has 1 amide bonds. The first kappa shape index (κ1) is 15.2. The minimum Gasteiger partial charge on any atom is -0.348 e. The summed E-state index contributed by atoms with van der Waals surface area (Å²) in [5, 5.41) is 0.607. The third-order valence-electron chi connectivity index (χ3n) is 3.39. The summed E-state index contributed by atoms with van der Waals surface area (Å²) in [7, 11) is 6.99. The van der Waals surface area contributed by atoms with E-state index in [9.17, 15) is 9.59 Å². The standard InChI is InChI=1S/C15H20N4O2/c1-17(2)14(20)10-18(3)9-13-16-12-8-6-5-7-11(12)15(21)19(13)4/h5-8H,9-10H2,1-4H3. The molecule has 2 aromatic rings. The zero-order valence-corrected chi connectivity index (χ0v) is 12.8. The van der Waals surface area contributed by atoms with E-state index in [1.165, 1.54) is 0 Å². The van der Waals surface area contributed by atoms with Crippen molar-refractivity contribution in [2.24, 2.45) is 7.05 Å². The van der Waals surface area contributed by atoms with Crippen molar-refractivity contribution in [1.82, 2.24) is 19.4 Å². The summed E-state index contributed by atoms with van der Waals surface area (Å²) in [5.74, 6) is 0.663. The molecule has 0 saturated carbocycles. The maximum Gasteiger partial charge on any atom is 0.261 e. The summed E-state index contributed by atoms with van der Waals surface area (Å²) in [4.78, 5) is 31.9. The summed E-state index contributed by atoms with van der Waals surface area (Å²) in [5.41, 5.74) is 0.617. The fourth-order valence-electron chi connectivity index (χ4n) is 2.07. The number of nitrogens with zero attached hydrogens (tertiary/aromatic N) is 4. The molecule has 2 rings (SSSR count). The van der Waals surface area contributed by atoms with Gasteiger partial charge in [0.2, 0.25) is 5.91 Å². The summed E-state index contributed by atoms with van der Waals surface area (Å²) in [6.07, 6.45) is 0. The Morgan fingerprint density at radius 3 is 2.57 bits per heavy atom. The van der Waals surface area contributed by atoms with Gasteiger partial charge >= 0.3 is 0 Å². The van der Waals surface area contributed by atoms with E-state index >= 15 is 0 Å². The second-order valence-corrected chi connectivity index (χ2v) is 5.37. The zero-order valence-electron chi connectivity index (χ0n) is 12.8. The fraction of sp³-hybridized carbons (Fsp3) is 0.400. The molecule has 0 unspecified atom stereocenters. The van der Waals surface area contributed by atoms with Crippen molar-refractivity contribution in [1.29, 1.82) is 0 Å². The van der Waals surface area contributed by atoms with E-state index in [1.54, 1.807) is 36.7 Å². The highest BCUT2D eigenvalue weighted by atomic mass is 16.2. The molecule has 6 heteroatoms. The maximum atomic E-state index is 12.3. The Hall–Kier alpha value is -2.21. The third-order valence-corrected chi connectivity index (χ3v) is 3.39. The monoisotopic (exact) mass is 288 g/mol. The van der Waals surface area contributed by atoms with Crippen molar-refractivity contribution in [3.63, 3.8) is 0 Å². The molecule has 112 valence electrons. The second-order valence-electron chi connectivity index (χ2n) is 5.37. The third kappa shape index (κ3) is 3.28. The van der Waals surface area contributed by atoms with Gasteiger partial charge in [-0.25, -0.2) is 4.98 Å². The van der Waals surface area contributed by atoms with Crippen LogP contribution in [0.25, 0.3) is 10.9 Å². The van der Waals surface area contributed by atoms with Crippen LogP contribution in [-0.4, -0.2) is 52.9 Å². The number of rotatable bonds is 4. The van der Waals surface area contributed by atoms with Crippen molar-refractivity contribution in [2.45, 2.75) is 6.54 Å². The lowest BCUT2D eigenvalue weighted by atomic mass is 10.2. The van der Waals surface area contributed by atoms with E-state index in [-0.39, 0.29) is 18.0 Å². The minimum atomic E-state index is -0.0667. The quantitative estimate of drug-likeness (QED) is 0.820. The minimum absolute atomic E-state index is 0.0169. The van der Waals surface area contributed by atoms with Crippen molar-refractivity contribution >= 4 is 16.8 Å². The Kier molecular flexibility index (Phi) is 4.37. The van der Waals surface area contributed by atoms with Gasteiger partial charge in [0, 0.05) is 21.1 Å². The van der Waals surface area contributed by atoms with Crippen LogP contribution in [0.1, 0.15) is 5.82 Å². The molecule has 0 aliphatic heterocycles. The highest BCUT2D eigenvalue weighted by Crippen LogP contribution is 2.08. The smallest absolute Gasteiger partial charge is 0.261 e. The molecule has 21 heavy (non-hydrogen) atoms. The number of fused-ring (bicyclic) bond motifs is 1. The van der Waals surface area contributed by atoms with Crippen LogP contribution in [0.4, 0.5) is 0 Å². The van der Waals surface area contributed by atoms with Crippen LogP contribution < -0.4 is 5.56 Å². The first-order chi connectivity index (χ1) is 9.90. The molecule has 1 aromatic carbocycles. The first-order valence-corrected chi connectivity index (χ1v) is 6.73. The van der Waals surface area contributed by atoms with E-state index in [0.29, 0.717) is 23.3 Å². The van der Waals surface area contributed by atoms with Crippen LogP contribution in [0, 0.1) is 0 Å². The van der Waals surface area contributed by atoms with E-state index < -0.39 is 0 Å². The number of hydrogen-bond acceptors (Lipinski definition) is 4. The van der Waals surface area contributed by atoms with Crippen molar-refractivity contribution in [3.05, 3.63) is 40.4 Å². The lowest BCUT2D eigenvalue weighted by Gasteiger charge is -2.19. The molecule has 0 N–H and O–H groups in total. The zero-order chi connectivity index (χ0) is 15.6. The molecular weight excluding hydrogens is 268 g/mol. The second kappa shape index (κ2) is 6.05. The lowest BCUT2D eigenvalue weighted by Crippen LogP contribution is -2.35. The van der Waals surface area contributed by atoms with Gasteiger partial charge in [-0.15, -0.1) is 0 Å². The summed E-state index contributed by atoms with van der Waals surface area (Å²) in [6, 6.07) is 7.28. The fourth-order valence-corrected chi connectivity index (χ4v) is 2.07. The van der Waals surface area contributed by atoms with Gasteiger partial charge in [0.05, 0.1) is 24.0 Å². The molecule has 6 nitrogen and oxygen atoms in total. The number of amides is 1. The molecule has 1 aromatic heterocycles. The summed E-state index contributed by atoms with van der Waals surface area (Å²) < 4.78 is 1.54. The van der Waals surface area contributed by atoms with E-state index in [1.807, 2.05) is 30.1 Å². The van der Waals surface area contributed by atoms with Gasteiger partial charge in [0.25, 0.3) is 5.56 Å². The predicted molar refractivity (Wildman–Crippen MR) is 82.0 cm³/mol. The predicted octanol–water partition coefficient (Wildman–Crippen LogP) is 0.453. The normalized spacial score (nSPS) is 11.1. The highest BCUT2D eigenvalue weighted by Gasteiger charge is 2.13. The molecule has 0 atom stereocenters. The molecule has 0 fully saturated rings. The number of carbonyl (C=O) groups excluding carboxylic acids is 1. The summed E-state index contributed by atoms with van der Waals surface area (Å²) in [6.45, 7) is 0.728. The van der Waals surface area contributed by atoms with Gasteiger partial charge in [-0.1, -0.05) is 12.1 Å². The van der Waals surface area contributed by atoms with Crippen LogP contribution in [0.15, 0.2) is 29.1 Å². The average Bonchev–Trinajstić information content (AvgIpc) is 2.44.